The summed E-state index contributed by atoms with van der Waals surface area (Å²) in [4.78, 5) is 17.0. The van der Waals surface area contributed by atoms with Gasteiger partial charge in [-0.05, 0) is 48.2 Å². The van der Waals surface area contributed by atoms with Crippen LogP contribution < -0.4 is 14.9 Å². The zero-order chi connectivity index (χ0) is 24.0. The van der Waals surface area contributed by atoms with E-state index in [1.165, 1.54) is 0 Å². The van der Waals surface area contributed by atoms with Crippen LogP contribution in [-0.4, -0.2) is 59.0 Å². The second-order valence-corrected chi connectivity index (χ2v) is 10.6. The summed E-state index contributed by atoms with van der Waals surface area (Å²) in [6.45, 7) is 10.1. The molecule has 0 aliphatic carbocycles. The summed E-state index contributed by atoms with van der Waals surface area (Å²) in [6.07, 6.45) is 1.92. The van der Waals surface area contributed by atoms with Gasteiger partial charge in [0.05, 0.1) is 16.3 Å². The number of anilines is 2. The molecule has 0 atom stereocenters. The van der Waals surface area contributed by atoms with E-state index >= 15 is 0 Å². The van der Waals surface area contributed by atoms with Crippen LogP contribution in [0.3, 0.4) is 0 Å². The van der Waals surface area contributed by atoms with Crippen molar-refractivity contribution in [2.24, 2.45) is 0 Å². The Labute approximate surface area is 198 Å². The van der Waals surface area contributed by atoms with Crippen molar-refractivity contribution >= 4 is 27.3 Å². The Morgan fingerprint density at radius 2 is 1.79 bits per heavy atom. The number of nitrogens with one attached hydrogen (secondary N) is 2. The van der Waals surface area contributed by atoms with Gasteiger partial charge in [0.2, 0.25) is 0 Å². The molecular weight excluding hydrogens is 436 g/mol. The van der Waals surface area contributed by atoms with Crippen molar-refractivity contribution in [1.82, 2.24) is 10.2 Å². The number of unbranched alkanes of at least 4 members (excludes halogenated alkanes) is 1. The van der Waals surface area contributed by atoms with Crippen molar-refractivity contribution < 1.29 is 13.2 Å². The van der Waals surface area contributed by atoms with Crippen LogP contribution in [-0.2, 0) is 10.0 Å². The first-order chi connectivity index (χ1) is 15.7. The second-order valence-electron chi connectivity index (χ2n) is 8.88. The third kappa shape index (κ3) is 6.26. The molecule has 0 spiro atoms. The van der Waals surface area contributed by atoms with E-state index in [2.05, 4.69) is 35.7 Å². The molecule has 0 radical (unpaired) electrons. The van der Waals surface area contributed by atoms with Gasteiger partial charge in [-0.25, -0.2) is 8.42 Å². The quantitative estimate of drug-likeness (QED) is 0.579. The van der Waals surface area contributed by atoms with E-state index in [1.54, 1.807) is 36.2 Å². The maximum absolute atomic E-state index is 13.2. The molecule has 7 nitrogen and oxygen atoms in total. The zero-order valence-corrected chi connectivity index (χ0v) is 20.9. The lowest BCUT2D eigenvalue weighted by atomic mass is 10.0. The molecule has 0 saturated carbocycles. The summed E-state index contributed by atoms with van der Waals surface area (Å²) in [5, 5.41) is 3.32. The average Bonchev–Trinajstić information content (AvgIpc) is 2.82. The minimum atomic E-state index is -3.81. The first-order valence-electron chi connectivity index (χ1n) is 11.7. The van der Waals surface area contributed by atoms with E-state index in [0.717, 1.165) is 50.3 Å². The largest absolute Gasteiger partial charge is 0.367 e. The van der Waals surface area contributed by atoms with Gasteiger partial charge < -0.3 is 15.1 Å². The van der Waals surface area contributed by atoms with Gasteiger partial charge in [-0.1, -0.05) is 39.3 Å². The molecule has 2 aromatic carbocycles. The molecule has 2 N–H and O–H groups in total. The highest BCUT2D eigenvalue weighted by atomic mass is 32.2. The molecule has 1 saturated heterocycles. The Hall–Kier alpha value is -2.58. The summed E-state index contributed by atoms with van der Waals surface area (Å²) in [6, 6.07) is 12.3. The fourth-order valence-corrected chi connectivity index (χ4v) is 4.95. The van der Waals surface area contributed by atoms with Gasteiger partial charge in [0, 0.05) is 45.3 Å². The highest BCUT2D eigenvalue weighted by Crippen LogP contribution is 2.30. The number of benzene rings is 2. The van der Waals surface area contributed by atoms with Crippen LogP contribution in [0.1, 0.15) is 55.5 Å². The van der Waals surface area contributed by atoms with Crippen molar-refractivity contribution in [1.29, 1.82) is 0 Å². The lowest BCUT2D eigenvalue weighted by Gasteiger charge is -2.31. The second kappa shape index (κ2) is 11.0. The van der Waals surface area contributed by atoms with Gasteiger partial charge >= 0.3 is 0 Å². The van der Waals surface area contributed by atoms with Gasteiger partial charge in [0.1, 0.15) is 0 Å². The minimum absolute atomic E-state index is 0.114. The van der Waals surface area contributed by atoms with Crippen molar-refractivity contribution in [3.63, 3.8) is 0 Å². The molecule has 180 valence electrons. The van der Waals surface area contributed by atoms with Crippen LogP contribution >= 0.6 is 0 Å². The average molecular weight is 473 g/mol. The summed E-state index contributed by atoms with van der Waals surface area (Å²) < 4.78 is 29.2. The summed E-state index contributed by atoms with van der Waals surface area (Å²) in [7, 11) is -2.03. The molecule has 0 aromatic heterocycles. The van der Waals surface area contributed by atoms with Crippen LogP contribution in [0.25, 0.3) is 0 Å². The Kier molecular flexibility index (Phi) is 8.37. The maximum Gasteiger partial charge on any atom is 0.261 e. The van der Waals surface area contributed by atoms with Crippen molar-refractivity contribution in [3.8, 4) is 0 Å². The Morgan fingerprint density at radius 1 is 1.12 bits per heavy atom. The van der Waals surface area contributed by atoms with Crippen LogP contribution in [0, 0.1) is 0 Å². The van der Waals surface area contributed by atoms with Crippen molar-refractivity contribution in [2.75, 3.05) is 49.4 Å². The first kappa shape index (κ1) is 25.1. The number of hydrogen-bond donors (Lipinski definition) is 2. The van der Waals surface area contributed by atoms with Gasteiger partial charge in [-0.15, -0.1) is 0 Å². The Morgan fingerprint density at radius 3 is 2.39 bits per heavy atom. The fourth-order valence-electron chi connectivity index (χ4n) is 3.89. The van der Waals surface area contributed by atoms with Crippen LogP contribution in [0.2, 0.25) is 0 Å². The molecular formula is C25H36N4O3S. The maximum atomic E-state index is 13.2. The normalized spacial score (nSPS) is 14.4. The third-order valence-corrected chi connectivity index (χ3v) is 7.38. The molecule has 8 heteroatoms. The van der Waals surface area contributed by atoms with E-state index in [-0.39, 0.29) is 10.8 Å². The summed E-state index contributed by atoms with van der Waals surface area (Å²) >= 11 is 0. The van der Waals surface area contributed by atoms with Crippen molar-refractivity contribution in [2.45, 2.75) is 44.4 Å². The first-order valence-corrected chi connectivity index (χ1v) is 13.2. The summed E-state index contributed by atoms with van der Waals surface area (Å²) in [5.74, 6) is 0.207. The van der Waals surface area contributed by atoms with E-state index in [0.29, 0.717) is 23.7 Å². The predicted molar refractivity (Wildman–Crippen MR) is 135 cm³/mol. The van der Waals surface area contributed by atoms with E-state index < -0.39 is 10.0 Å². The van der Waals surface area contributed by atoms with Crippen LogP contribution in [0.5, 0.6) is 0 Å². The van der Waals surface area contributed by atoms with Gasteiger partial charge in [-0.3, -0.25) is 9.52 Å². The molecule has 1 aliphatic heterocycles. The Bertz CT molecular complexity index is 1050. The van der Waals surface area contributed by atoms with Gasteiger partial charge in [0.15, 0.2) is 0 Å². The molecule has 0 unspecified atom stereocenters. The molecule has 1 aliphatic rings. The van der Waals surface area contributed by atoms with Crippen LogP contribution in [0.15, 0.2) is 47.4 Å². The van der Waals surface area contributed by atoms with E-state index in [1.807, 2.05) is 18.2 Å². The number of hydrogen-bond acceptors (Lipinski definition) is 5. The number of rotatable bonds is 9. The number of nitrogens with zero attached hydrogens (tertiary/aromatic N) is 2. The molecule has 1 fully saturated rings. The fraction of sp³-hybridized carbons (Fsp3) is 0.480. The van der Waals surface area contributed by atoms with Gasteiger partial charge in [0.25, 0.3) is 15.9 Å². The SMILES string of the molecule is CCCCN(C)C(=O)c1ccc(N2CCNCC2)c(NS(=O)(=O)c2ccc(C(C)C)cc2)c1. The molecule has 33 heavy (non-hydrogen) atoms. The third-order valence-electron chi connectivity index (χ3n) is 6.00. The summed E-state index contributed by atoms with van der Waals surface area (Å²) in [5.41, 5.74) is 2.77. The van der Waals surface area contributed by atoms with Crippen LogP contribution in [0.4, 0.5) is 11.4 Å². The lowest BCUT2D eigenvalue weighted by Crippen LogP contribution is -2.43. The highest BCUT2D eigenvalue weighted by molar-refractivity contribution is 7.92. The molecule has 0 bridgehead atoms. The number of piperazine rings is 1. The number of carbonyl (C=O) groups excluding carboxylic acids is 1. The standard InChI is InChI=1S/C25H36N4O3S/c1-5-6-15-28(4)25(30)21-9-12-24(29-16-13-26-14-17-29)23(18-21)27-33(31,32)22-10-7-20(8-11-22)19(2)3/h7-12,18-19,26-27H,5-6,13-17H2,1-4H3. The Balaban J connectivity index is 1.94. The molecule has 1 amide bonds. The topological polar surface area (TPSA) is 81.8 Å². The van der Waals surface area contributed by atoms with E-state index in [4.69, 9.17) is 0 Å². The molecule has 2 aromatic rings. The smallest absolute Gasteiger partial charge is 0.261 e. The number of carbonyl (C=O) groups is 1. The van der Waals surface area contributed by atoms with Gasteiger partial charge in [-0.2, -0.15) is 0 Å². The number of sulfonamides is 1. The lowest BCUT2D eigenvalue weighted by molar-refractivity contribution is 0.0793. The minimum Gasteiger partial charge on any atom is -0.367 e. The molecule has 3 rings (SSSR count). The monoisotopic (exact) mass is 472 g/mol. The molecule has 1 heterocycles. The predicted octanol–water partition coefficient (Wildman–Crippen LogP) is 3.89. The zero-order valence-electron chi connectivity index (χ0n) is 20.1. The number of amides is 1. The highest BCUT2D eigenvalue weighted by Gasteiger charge is 2.22. The van der Waals surface area contributed by atoms with Crippen molar-refractivity contribution in [3.05, 3.63) is 53.6 Å². The van der Waals surface area contributed by atoms with E-state index in [9.17, 15) is 13.2 Å².